The first-order valence-corrected chi connectivity index (χ1v) is 9.19. The summed E-state index contributed by atoms with van der Waals surface area (Å²) in [6, 6.07) is 11.7. The van der Waals surface area contributed by atoms with E-state index in [0.717, 1.165) is 17.1 Å². The van der Waals surface area contributed by atoms with Crippen molar-refractivity contribution >= 4 is 23.4 Å². The molecule has 0 saturated carbocycles. The van der Waals surface area contributed by atoms with Gasteiger partial charge in [0.2, 0.25) is 5.95 Å². The number of hydrogen-bond acceptors (Lipinski definition) is 6. The summed E-state index contributed by atoms with van der Waals surface area (Å²) >= 11 is 0. The molecule has 146 valence electrons. The summed E-state index contributed by atoms with van der Waals surface area (Å²) in [6.07, 6.45) is 0. The molecular formula is C21H25N5O2. The van der Waals surface area contributed by atoms with E-state index in [9.17, 15) is 4.79 Å². The van der Waals surface area contributed by atoms with Gasteiger partial charge in [-0.2, -0.15) is 4.98 Å². The van der Waals surface area contributed by atoms with Gasteiger partial charge in [0.25, 0.3) is 5.91 Å². The maximum absolute atomic E-state index is 12.2. The summed E-state index contributed by atoms with van der Waals surface area (Å²) in [6.45, 7) is 8.52. The third-order valence-corrected chi connectivity index (χ3v) is 4.16. The molecule has 0 fully saturated rings. The molecule has 3 aromatic rings. The van der Waals surface area contributed by atoms with E-state index in [2.05, 4.69) is 32.8 Å². The monoisotopic (exact) mass is 379 g/mol. The fourth-order valence-corrected chi connectivity index (χ4v) is 2.80. The number of nitrogens with zero attached hydrogens (tertiary/aromatic N) is 2. The Morgan fingerprint density at radius 3 is 2.43 bits per heavy atom. The van der Waals surface area contributed by atoms with Crippen molar-refractivity contribution in [3.63, 3.8) is 0 Å². The standard InChI is InChI=1S/C21H25N5O2/c1-13-5-7-17(8-6-13)25-19-11-14(2)24-21(26-19)23-10-9-22-20(27)18-12-15(3)28-16(18)4/h5-8,11-12H,9-10H2,1-4H3,(H,22,27)(H2,23,24,25,26). The highest BCUT2D eigenvalue weighted by Gasteiger charge is 2.12. The minimum atomic E-state index is -0.150. The Bertz CT molecular complexity index is 963. The first-order chi connectivity index (χ1) is 13.4. The molecule has 2 heterocycles. The van der Waals surface area contributed by atoms with Crippen molar-refractivity contribution in [2.75, 3.05) is 23.7 Å². The normalized spacial score (nSPS) is 10.6. The van der Waals surface area contributed by atoms with Gasteiger partial charge in [0.15, 0.2) is 0 Å². The molecule has 0 atom stereocenters. The lowest BCUT2D eigenvalue weighted by atomic mass is 10.2. The second-order valence-electron chi connectivity index (χ2n) is 6.72. The summed E-state index contributed by atoms with van der Waals surface area (Å²) in [4.78, 5) is 21.1. The highest BCUT2D eigenvalue weighted by Crippen LogP contribution is 2.17. The van der Waals surface area contributed by atoms with E-state index in [1.54, 1.807) is 13.0 Å². The molecule has 0 aliphatic rings. The van der Waals surface area contributed by atoms with Crippen LogP contribution < -0.4 is 16.0 Å². The average Bonchev–Trinajstić information content (AvgIpc) is 2.98. The topological polar surface area (TPSA) is 92.1 Å². The number of benzene rings is 1. The number of anilines is 3. The SMILES string of the molecule is Cc1ccc(Nc2cc(C)nc(NCCNC(=O)c3cc(C)oc3C)n2)cc1. The third kappa shape index (κ3) is 5.09. The molecule has 0 unspecified atom stereocenters. The predicted molar refractivity (Wildman–Crippen MR) is 110 cm³/mol. The van der Waals surface area contributed by atoms with Gasteiger partial charge in [-0.25, -0.2) is 4.98 Å². The Balaban J connectivity index is 1.54. The average molecular weight is 379 g/mol. The zero-order valence-corrected chi connectivity index (χ0v) is 16.6. The number of carbonyl (C=O) groups is 1. The van der Waals surface area contributed by atoms with Gasteiger partial charge in [0, 0.05) is 30.5 Å². The molecule has 7 heteroatoms. The fraction of sp³-hybridized carbons (Fsp3) is 0.286. The van der Waals surface area contributed by atoms with Gasteiger partial charge in [-0.1, -0.05) is 17.7 Å². The second kappa shape index (κ2) is 8.56. The van der Waals surface area contributed by atoms with Crippen LogP contribution in [0, 0.1) is 27.7 Å². The zero-order chi connectivity index (χ0) is 20.1. The van der Waals surface area contributed by atoms with Gasteiger partial charge < -0.3 is 20.4 Å². The van der Waals surface area contributed by atoms with Crippen LogP contribution in [0.15, 0.2) is 40.8 Å². The molecule has 0 radical (unpaired) electrons. The summed E-state index contributed by atoms with van der Waals surface area (Å²) < 4.78 is 5.39. The van der Waals surface area contributed by atoms with E-state index >= 15 is 0 Å². The fourth-order valence-electron chi connectivity index (χ4n) is 2.80. The lowest BCUT2D eigenvalue weighted by Crippen LogP contribution is -2.29. The van der Waals surface area contributed by atoms with Gasteiger partial charge in [-0.3, -0.25) is 4.79 Å². The van der Waals surface area contributed by atoms with E-state index < -0.39 is 0 Å². The maximum Gasteiger partial charge on any atom is 0.254 e. The summed E-state index contributed by atoms with van der Waals surface area (Å²) in [7, 11) is 0. The first-order valence-electron chi connectivity index (χ1n) is 9.19. The van der Waals surface area contributed by atoms with Crippen LogP contribution in [0.1, 0.15) is 33.1 Å². The smallest absolute Gasteiger partial charge is 0.254 e. The maximum atomic E-state index is 12.2. The summed E-state index contributed by atoms with van der Waals surface area (Å²) in [5.74, 6) is 2.42. The second-order valence-corrected chi connectivity index (χ2v) is 6.72. The molecule has 28 heavy (non-hydrogen) atoms. The third-order valence-electron chi connectivity index (χ3n) is 4.16. The van der Waals surface area contributed by atoms with Gasteiger partial charge in [-0.15, -0.1) is 0 Å². The van der Waals surface area contributed by atoms with Crippen LogP contribution >= 0.6 is 0 Å². The molecule has 0 saturated heterocycles. The first kappa shape index (κ1) is 19.4. The number of nitrogens with one attached hydrogen (secondary N) is 3. The van der Waals surface area contributed by atoms with Crippen molar-refractivity contribution in [3.8, 4) is 0 Å². The van der Waals surface area contributed by atoms with Crippen LogP contribution in [0.25, 0.3) is 0 Å². The number of amides is 1. The minimum absolute atomic E-state index is 0.150. The number of aryl methyl sites for hydroxylation is 4. The predicted octanol–water partition coefficient (Wildman–Crippen LogP) is 3.89. The van der Waals surface area contributed by atoms with Gasteiger partial charge in [0.1, 0.15) is 17.3 Å². The highest BCUT2D eigenvalue weighted by molar-refractivity contribution is 5.95. The minimum Gasteiger partial charge on any atom is -0.466 e. The number of aromatic nitrogens is 2. The molecular weight excluding hydrogens is 354 g/mol. The Morgan fingerprint density at radius 1 is 1.00 bits per heavy atom. The van der Waals surface area contributed by atoms with Gasteiger partial charge in [0.05, 0.1) is 5.56 Å². The van der Waals surface area contributed by atoms with E-state index in [0.29, 0.717) is 36.2 Å². The van der Waals surface area contributed by atoms with Crippen LogP contribution in [0.2, 0.25) is 0 Å². The Hall–Kier alpha value is -3.35. The number of carbonyl (C=O) groups excluding carboxylic acids is 1. The van der Waals surface area contributed by atoms with Crippen molar-refractivity contribution in [2.45, 2.75) is 27.7 Å². The number of rotatable bonds is 7. The lowest BCUT2D eigenvalue weighted by Gasteiger charge is -2.10. The Labute approximate surface area is 164 Å². The molecule has 0 aliphatic heterocycles. The molecule has 1 amide bonds. The zero-order valence-electron chi connectivity index (χ0n) is 16.6. The molecule has 0 aliphatic carbocycles. The lowest BCUT2D eigenvalue weighted by molar-refractivity contribution is 0.0953. The van der Waals surface area contributed by atoms with Crippen molar-refractivity contribution in [1.29, 1.82) is 0 Å². The van der Waals surface area contributed by atoms with Crippen LogP contribution in [0.5, 0.6) is 0 Å². The van der Waals surface area contributed by atoms with Crippen LogP contribution in [0.4, 0.5) is 17.5 Å². The molecule has 3 rings (SSSR count). The Kier molecular flexibility index (Phi) is 5.93. The van der Waals surface area contributed by atoms with Crippen LogP contribution in [0.3, 0.4) is 0 Å². The Morgan fingerprint density at radius 2 is 1.75 bits per heavy atom. The van der Waals surface area contributed by atoms with Crippen LogP contribution in [-0.2, 0) is 0 Å². The largest absolute Gasteiger partial charge is 0.466 e. The van der Waals surface area contributed by atoms with Gasteiger partial charge in [-0.05, 0) is 45.9 Å². The number of hydrogen-bond donors (Lipinski definition) is 3. The van der Waals surface area contributed by atoms with Crippen molar-refractivity contribution in [2.24, 2.45) is 0 Å². The van der Waals surface area contributed by atoms with Crippen LogP contribution in [-0.4, -0.2) is 29.0 Å². The highest BCUT2D eigenvalue weighted by atomic mass is 16.3. The molecule has 0 bridgehead atoms. The molecule has 3 N–H and O–H groups in total. The van der Waals surface area contributed by atoms with E-state index in [4.69, 9.17) is 4.42 Å². The van der Waals surface area contributed by atoms with Crippen molar-refractivity contribution < 1.29 is 9.21 Å². The summed E-state index contributed by atoms with van der Waals surface area (Å²) in [5.41, 5.74) is 3.58. The molecule has 0 spiro atoms. The van der Waals surface area contributed by atoms with Crippen molar-refractivity contribution in [3.05, 3.63) is 64.7 Å². The van der Waals surface area contributed by atoms with Gasteiger partial charge >= 0.3 is 0 Å². The van der Waals surface area contributed by atoms with Crippen molar-refractivity contribution in [1.82, 2.24) is 15.3 Å². The molecule has 1 aromatic carbocycles. The molecule has 2 aromatic heterocycles. The molecule has 7 nitrogen and oxygen atoms in total. The van der Waals surface area contributed by atoms with E-state index in [1.807, 2.05) is 44.2 Å². The quantitative estimate of drug-likeness (QED) is 0.540. The van der Waals surface area contributed by atoms with E-state index in [-0.39, 0.29) is 5.91 Å². The number of furan rings is 1. The van der Waals surface area contributed by atoms with E-state index in [1.165, 1.54) is 5.56 Å². The summed E-state index contributed by atoms with van der Waals surface area (Å²) in [5, 5.41) is 9.29.